The van der Waals surface area contributed by atoms with Gasteiger partial charge in [-0.05, 0) is 52.0 Å². The monoisotopic (exact) mass is 531 g/mol. The molecule has 12 nitrogen and oxygen atoms in total. The number of carbonyl (C=O) groups excluding carboxylic acids is 3. The van der Waals surface area contributed by atoms with Crippen LogP contribution in [0.1, 0.15) is 30.9 Å². The van der Waals surface area contributed by atoms with E-state index in [9.17, 15) is 39.9 Å². The van der Waals surface area contributed by atoms with Crippen molar-refractivity contribution in [3.63, 3.8) is 0 Å². The van der Waals surface area contributed by atoms with E-state index in [-0.39, 0.29) is 30.8 Å². The van der Waals surface area contributed by atoms with E-state index in [0.717, 1.165) is 0 Å². The molecule has 1 aromatic carbocycles. The van der Waals surface area contributed by atoms with Crippen LogP contribution < -0.4 is 10.6 Å². The molecule has 0 aliphatic heterocycles. The Hall–Kier alpha value is -3.29. The van der Waals surface area contributed by atoms with Crippen LogP contribution in [-0.2, 0) is 20.0 Å². The van der Waals surface area contributed by atoms with Crippen LogP contribution in [0.3, 0.4) is 0 Å². The van der Waals surface area contributed by atoms with Crippen molar-refractivity contribution in [3.8, 4) is 5.75 Å². The standard InChI is InChI=1S/C26H33N3O9/c1-25(37)12-6-4-7-15(31)16(12)20(32)17-13(25)10-14-19(29(2)3)21(33)18(23(35)26(14,38)22(17)34)24(36)28-11-27-8-5-9-30/h4,6-7,13-14,19,27,30-32,35,37-38H,5,8-11H2,1-3H3,(H,28,36)/t13-,14-,19-,25+,26-/m0/s1. The second-order valence-corrected chi connectivity index (χ2v) is 10.4. The van der Waals surface area contributed by atoms with E-state index in [2.05, 4.69) is 10.6 Å². The summed E-state index contributed by atoms with van der Waals surface area (Å²) in [5.41, 5.74) is -5.76. The van der Waals surface area contributed by atoms with Crippen molar-refractivity contribution in [2.45, 2.75) is 37.0 Å². The molecule has 0 unspecified atom stereocenters. The van der Waals surface area contributed by atoms with Crippen molar-refractivity contribution in [1.82, 2.24) is 15.5 Å². The van der Waals surface area contributed by atoms with Crippen LogP contribution in [0.4, 0.5) is 0 Å². The zero-order valence-corrected chi connectivity index (χ0v) is 21.4. The number of ketones is 2. The van der Waals surface area contributed by atoms with E-state index < -0.39 is 75.0 Å². The molecule has 0 saturated heterocycles. The molecule has 4 rings (SSSR count). The second-order valence-electron chi connectivity index (χ2n) is 10.4. The Kier molecular flexibility index (Phi) is 7.14. The van der Waals surface area contributed by atoms with E-state index >= 15 is 0 Å². The number of phenols is 1. The molecule has 1 aromatic rings. The van der Waals surface area contributed by atoms with Gasteiger partial charge in [-0.15, -0.1) is 0 Å². The summed E-state index contributed by atoms with van der Waals surface area (Å²) in [6.07, 6.45) is 0.212. The van der Waals surface area contributed by atoms with Gasteiger partial charge in [-0.1, -0.05) is 12.1 Å². The molecule has 5 atom stereocenters. The Labute approximate surface area is 218 Å². The van der Waals surface area contributed by atoms with Gasteiger partial charge >= 0.3 is 0 Å². The Morgan fingerprint density at radius 1 is 1.16 bits per heavy atom. The molecule has 0 bridgehead atoms. The van der Waals surface area contributed by atoms with Gasteiger partial charge in [0.05, 0.1) is 23.9 Å². The van der Waals surface area contributed by atoms with Crippen molar-refractivity contribution >= 4 is 23.2 Å². The summed E-state index contributed by atoms with van der Waals surface area (Å²) < 4.78 is 0. The molecule has 206 valence electrons. The lowest BCUT2D eigenvalue weighted by Gasteiger charge is -2.53. The predicted octanol–water partition coefficient (Wildman–Crippen LogP) is -0.811. The van der Waals surface area contributed by atoms with Gasteiger partial charge in [0.1, 0.15) is 22.8 Å². The number of aliphatic hydroxyl groups is 5. The molecule has 8 N–H and O–H groups in total. The van der Waals surface area contributed by atoms with Gasteiger partial charge in [0.15, 0.2) is 11.4 Å². The van der Waals surface area contributed by atoms with Crippen LogP contribution in [0.2, 0.25) is 0 Å². The molecule has 1 amide bonds. The Bertz CT molecular complexity index is 1250. The lowest BCUT2D eigenvalue weighted by Crippen LogP contribution is -2.67. The number of aliphatic hydroxyl groups excluding tert-OH is 3. The average molecular weight is 532 g/mol. The van der Waals surface area contributed by atoms with Crippen LogP contribution in [0, 0.1) is 11.8 Å². The molecule has 3 aliphatic carbocycles. The maximum Gasteiger partial charge on any atom is 0.259 e. The van der Waals surface area contributed by atoms with E-state index in [4.69, 9.17) is 5.11 Å². The first kappa shape index (κ1) is 27.7. The van der Waals surface area contributed by atoms with Gasteiger partial charge in [-0.2, -0.15) is 0 Å². The number of nitrogens with zero attached hydrogens (tertiary/aromatic N) is 1. The number of likely N-dealkylation sites (N-methyl/N-ethyl adjacent to an activating group) is 1. The number of Topliss-reactive ketones (excluding diaryl/α,β-unsaturated/α-hetero) is 2. The summed E-state index contributed by atoms with van der Waals surface area (Å²) in [7, 11) is 3.05. The summed E-state index contributed by atoms with van der Waals surface area (Å²) in [4.78, 5) is 41.9. The lowest BCUT2D eigenvalue weighted by atomic mass is 9.54. The molecule has 12 heteroatoms. The number of rotatable bonds is 7. The SMILES string of the molecule is CN(C)[C@@H]1C(=O)C(C(=O)NCNCCCO)=C(O)[C@@]2(O)C(=O)C3=C(O)c4c(O)cccc4[C@@](C)(O)[C@H]3C[C@@H]12. The van der Waals surface area contributed by atoms with Gasteiger partial charge < -0.3 is 36.0 Å². The molecule has 0 radical (unpaired) electrons. The van der Waals surface area contributed by atoms with Gasteiger partial charge in [0.25, 0.3) is 5.91 Å². The zero-order valence-electron chi connectivity index (χ0n) is 21.4. The summed E-state index contributed by atoms with van der Waals surface area (Å²) in [6, 6.07) is 3.02. The lowest BCUT2D eigenvalue weighted by molar-refractivity contribution is -0.159. The minimum Gasteiger partial charge on any atom is -0.508 e. The highest BCUT2D eigenvalue weighted by atomic mass is 16.3. The number of benzene rings is 1. The van der Waals surface area contributed by atoms with Crippen molar-refractivity contribution in [3.05, 3.63) is 46.2 Å². The maximum absolute atomic E-state index is 14.0. The number of phenolic OH excluding ortho intramolecular Hbond substituents is 1. The Balaban J connectivity index is 1.86. The van der Waals surface area contributed by atoms with Crippen molar-refractivity contribution in [2.24, 2.45) is 11.8 Å². The number of hydrogen-bond donors (Lipinski definition) is 8. The maximum atomic E-state index is 14.0. The van der Waals surface area contributed by atoms with E-state index in [0.29, 0.717) is 13.0 Å². The normalized spacial score (nSPS) is 30.8. The van der Waals surface area contributed by atoms with Gasteiger partial charge in [-0.3, -0.25) is 24.6 Å². The molecule has 0 aromatic heterocycles. The third kappa shape index (κ3) is 3.91. The van der Waals surface area contributed by atoms with Crippen LogP contribution >= 0.6 is 0 Å². The third-order valence-electron chi connectivity index (χ3n) is 7.89. The number of carbonyl (C=O) groups is 3. The number of hydrogen-bond acceptors (Lipinski definition) is 11. The zero-order chi connectivity index (χ0) is 28.2. The minimum atomic E-state index is -2.77. The fourth-order valence-electron chi connectivity index (χ4n) is 6.01. The first-order valence-corrected chi connectivity index (χ1v) is 12.3. The van der Waals surface area contributed by atoms with Gasteiger partial charge in [-0.25, -0.2) is 0 Å². The predicted molar refractivity (Wildman–Crippen MR) is 134 cm³/mol. The highest BCUT2D eigenvalue weighted by Gasteiger charge is 2.66. The molecule has 0 heterocycles. The largest absolute Gasteiger partial charge is 0.508 e. The average Bonchev–Trinajstić information content (AvgIpc) is 2.84. The molecule has 3 aliphatic rings. The number of aromatic hydroxyl groups is 1. The van der Waals surface area contributed by atoms with Crippen LogP contribution in [0.5, 0.6) is 5.75 Å². The van der Waals surface area contributed by atoms with Crippen molar-refractivity contribution in [1.29, 1.82) is 0 Å². The summed E-state index contributed by atoms with van der Waals surface area (Å²) in [6.45, 7) is 1.60. The van der Waals surface area contributed by atoms with Crippen LogP contribution in [-0.4, -0.2) is 98.6 Å². The summed E-state index contributed by atoms with van der Waals surface area (Å²) in [5, 5.41) is 70.2. The quantitative estimate of drug-likeness (QED) is 0.124. The highest BCUT2D eigenvalue weighted by Crippen LogP contribution is 2.57. The number of nitrogens with one attached hydrogen (secondary N) is 2. The second kappa shape index (κ2) is 9.79. The molecular weight excluding hydrogens is 498 g/mol. The van der Waals surface area contributed by atoms with E-state index in [1.165, 1.54) is 44.1 Å². The topological polar surface area (TPSA) is 200 Å². The first-order valence-electron chi connectivity index (χ1n) is 12.3. The summed E-state index contributed by atoms with van der Waals surface area (Å²) >= 11 is 0. The van der Waals surface area contributed by atoms with Crippen LogP contribution in [0.15, 0.2) is 35.1 Å². The smallest absolute Gasteiger partial charge is 0.259 e. The Morgan fingerprint density at radius 3 is 2.47 bits per heavy atom. The van der Waals surface area contributed by atoms with Gasteiger partial charge in [0, 0.05) is 24.0 Å². The molecule has 1 fully saturated rings. The minimum absolute atomic E-state index is 0.0642. The molecule has 0 spiro atoms. The van der Waals surface area contributed by atoms with E-state index in [1.54, 1.807) is 0 Å². The molecule has 38 heavy (non-hydrogen) atoms. The molecular formula is C26H33N3O9. The van der Waals surface area contributed by atoms with Crippen LogP contribution in [0.25, 0.3) is 5.76 Å². The highest BCUT2D eigenvalue weighted by molar-refractivity contribution is 6.25. The molecule has 1 saturated carbocycles. The Morgan fingerprint density at radius 2 is 1.84 bits per heavy atom. The van der Waals surface area contributed by atoms with E-state index in [1.807, 2.05) is 0 Å². The third-order valence-corrected chi connectivity index (χ3v) is 7.89. The van der Waals surface area contributed by atoms with Gasteiger partial charge in [0.2, 0.25) is 5.78 Å². The fourth-order valence-corrected chi connectivity index (χ4v) is 6.01. The fraction of sp³-hybridized carbons (Fsp3) is 0.500. The first-order chi connectivity index (χ1) is 17.8. The van der Waals surface area contributed by atoms with Crippen molar-refractivity contribution < 1.29 is 45.0 Å². The van der Waals surface area contributed by atoms with Crippen molar-refractivity contribution in [2.75, 3.05) is 33.9 Å². The number of fused-ring (bicyclic) bond motifs is 3. The number of amides is 1. The summed E-state index contributed by atoms with van der Waals surface area (Å²) in [5.74, 6) is -7.56.